The van der Waals surface area contributed by atoms with Gasteiger partial charge in [0.05, 0.1) is 11.0 Å². The second kappa shape index (κ2) is 4.42. The molecule has 0 fully saturated rings. The molecule has 90 valence electrons. The molecule has 0 saturated carbocycles. The lowest BCUT2D eigenvalue weighted by molar-refractivity contribution is 0.241. The number of amides is 2. The zero-order valence-corrected chi connectivity index (χ0v) is 9.82. The average molecular weight is 233 g/mol. The predicted molar refractivity (Wildman–Crippen MR) is 65.0 cm³/mol. The Bertz CT molecular complexity index is 560. The second-order valence-corrected chi connectivity index (χ2v) is 3.87. The quantitative estimate of drug-likeness (QED) is 0.402. The van der Waals surface area contributed by atoms with Crippen molar-refractivity contribution in [3.8, 4) is 0 Å². The molecule has 2 aromatic rings. The van der Waals surface area contributed by atoms with Crippen molar-refractivity contribution in [2.75, 3.05) is 0 Å². The van der Waals surface area contributed by atoms with Gasteiger partial charge in [0.15, 0.2) is 0 Å². The van der Waals surface area contributed by atoms with Gasteiger partial charge in [0.1, 0.15) is 5.82 Å². The predicted octanol–water partition coefficient (Wildman–Crippen LogP) is 0.555. The third-order valence-electron chi connectivity index (χ3n) is 2.75. The van der Waals surface area contributed by atoms with Gasteiger partial charge in [0, 0.05) is 13.6 Å². The van der Waals surface area contributed by atoms with Crippen LogP contribution in [0.15, 0.2) is 18.2 Å². The summed E-state index contributed by atoms with van der Waals surface area (Å²) < 4.78 is 2.03. The molecule has 4 N–H and O–H groups in total. The van der Waals surface area contributed by atoms with Gasteiger partial charge in [-0.05, 0) is 24.6 Å². The first kappa shape index (κ1) is 11.4. The summed E-state index contributed by atoms with van der Waals surface area (Å²) in [5, 5.41) is 2.63. The second-order valence-electron chi connectivity index (χ2n) is 3.87. The van der Waals surface area contributed by atoms with Crippen LogP contribution in [0.2, 0.25) is 0 Å². The first-order chi connectivity index (χ1) is 8.11. The Kier molecular flexibility index (Phi) is 2.97. The molecule has 0 bridgehead atoms. The molecule has 0 aliphatic rings. The number of carbonyl (C=O) groups is 1. The number of fused-ring (bicyclic) bond motifs is 1. The number of carbonyl (C=O) groups excluding carboxylic acids is 1. The van der Waals surface area contributed by atoms with Gasteiger partial charge in [0.25, 0.3) is 0 Å². The summed E-state index contributed by atoms with van der Waals surface area (Å²) in [6.45, 7) is 2.38. The Morgan fingerprint density at radius 3 is 3.00 bits per heavy atom. The Labute approximate surface area is 98.8 Å². The monoisotopic (exact) mass is 233 g/mol. The minimum Gasteiger partial charge on any atom is -0.333 e. The fourth-order valence-corrected chi connectivity index (χ4v) is 1.71. The molecule has 0 aliphatic carbocycles. The molecule has 1 heterocycles. The molecule has 0 radical (unpaired) electrons. The molecule has 0 atom stereocenters. The third kappa shape index (κ3) is 2.21. The van der Waals surface area contributed by atoms with Crippen molar-refractivity contribution in [2.45, 2.75) is 13.5 Å². The number of aryl methyl sites for hydroxylation is 2. The van der Waals surface area contributed by atoms with Crippen LogP contribution in [0.4, 0.5) is 4.79 Å². The van der Waals surface area contributed by atoms with E-state index in [0.29, 0.717) is 6.54 Å². The van der Waals surface area contributed by atoms with Gasteiger partial charge < -0.3 is 9.88 Å². The number of hydrogen-bond acceptors (Lipinski definition) is 3. The van der Waals surface area contributed by atoms with Gasteiger partial charge in [-0.3, -0.25) is 5.43 Å². The van der Waals surface area contributed by atoms with E-state index < -0.39 is 6.03 Å². The summed E-state index contributed by atoms with van der Waals surface area (Å²) in [7, 11) is 1.98. The first-order valence-electron chi connectivity index (χ1n) is 5.28. The average Bonchev–Trinajstić information content (AvgIpc) is 2.62. The van der Waals surface area contributed by atoms with E-state index in [1.165, 1.54) is 0 Å². The molecule has 0 unspecified atom stereocenters. The van der Waals surface area contributed by atoms with Crippen molar-refractivity contribution in [1.29, 1.82) is 0 Å². The van der Waals surface area contributed by atoms with Crippen LogP contribution in [0.1, 0.15) is 11.4 Å². The van der Waals surface area contributed by atoms with Crippen LogP contribution in [0.25, 0.3) is 11.0 Å². The van der Waals surface area contributed by atoms with Crippen molar-refractivity contribution in [1.82, 2.24) is 20.3 Å². The van der Waals surface area contributed by atoms with E-state index in [0.717, 1.165) is 22.4 Å². The maximum absolute atomic E-state index is 10.9. The highest BCUT2D eigenvalue weighted by atomic mass is 16.2. The lowest BCUT2D eigenvalue weighted by atomic mass is 10.2. The molecule has 6 nitrogen and oxygen atoms in total. The lowest BCUT2D eigenvalue weighted by Crippen LogP contribution is -2.39. The number of nitrogens with one attached hydrogen (secondary N) is 2. The maximum atomic E-state index is 10.9. The topological polar surface area (TPSA) is 85.0 Å². The molecule has 0 aliphatic heterocycles. The van der Waals surface area contributed by atoms with Gasteiger partial charge in [-0.1, -0.05) is 6.07 Å². The van der Waals surface area contributed by atoms with Crippen LogP contribution < -0.4 is 16.6 Å². The SMILES string of the molecule is Cc1nc2cc(CNC(=O)NN)ccc2n1C. The van der Waals surface area contributed by atoms with E-state index in [4.69, 9.17) is 5.84 Å². The largest absolute Gasteiger partial charge is 0.333 e. The highest BCUT2D eigenvalue weighted by Gasteiger charge is 2.05. The standard InChI is InChI=1S/C11H15N5O/c1-7-14-9-5-8(6-13-11(17)15-12)3-4-10(9)16(7)2/h3-5H,6,12H2,1-2H3,(H2,13,15,17). The molecule has 0 spiro atoms. The molecule has 6 heteroatoms. The van der Waals surface area contributed by atoms with E-state index in [1.807, 2.05) is 42.2 Å². The van der Waals surface area contributed by atoms with E-state index in [2.05, 4.69) is 10.3 Å². The molecular formula is C11H15N5O. The molecule has 0 saturated heterocycles. The van der Waals surface area contributed by atoms with Crippen LogP contribution in [-0.4, -0.2) is 15.6 Å². The van der Waals surface area contributed by atoms with Crippen LogP contribution >= 0.6 is 0 Å². The summed E-state index contributed by atoms with van der Waals surface area (Å²) in [6.07, 6.45) is 0. The number of urea groups is 1. The summed E-state index contributed by atoms with van der Waals surface area (Å²) in [5.41, 5.74) is 5.01. The molecule has 1 aromatic heterocycles. The molecule has 17 heavy (non-hydrogen) atoms. The molecule has 2 amide bonds. The number of imidazole rings is 1. The lowest BCUT2D eigenvalue weighted by Gasteiger charge is -2.04. The Morgan fingerprint density at radius 1 is 1.53 bits per heavy atom. The van der Waals surface area contributed by atoms with Gasteiger partial charge in [-0.2, -0.15) is 0 Å². The van der Waals surface area contributed by atoms with Crippen molar-refractivity contribution in [3.63, 3.8) is 0 Å². The van der Waals surface area contributed by atoms with Crippen LogP contribution in [0.3, 0.4) is 0 Å². The number of benzene rings is 1. The van der Waals surface area contributed by atoms with Crippen molar-refractivity contribution in [3.05, 3.63) is 29.6 Å². The summed E-state index contributed by atoms with van der Waals surface area (Å²) >= 11 is 0. The van der Waals surface area contributed by atoms with Crippen molar-refractivity contribution in [2.24, 2.45) is 12.9 Å². The minimum atomic E-state index is -0.401. The van der Waals surface area contributed by atoms with Gasteiger partial charge in [-0.25, -0.2) is 15.6 Å². The van der Waals surface area contributed by atoms with Crippen LogP contribution in [0.5, 0.6) is 0 Å². The van der Waals surface area contributed by atoms with Crippen molar-refractivity contribution >= 4 is 17.1 Å². The fourth-order valence-electron chi connectivity index (χ4n) is 1.71. The zero-order chi connectivity index (χ0) is 12.4. The number of nitrogens with two attached hydrogens (primary N) is 1. The Hall–Kier alpha value is -2.08. The van der Waals surface area contributed by atoms with Crippen LogP contribution in [0, 0.1) is 6.92 Å². The highest BCUT2D eigenvalue weighted by molar-refractivity contribution is 5.77. The number of hydrazine groups is 1. The molecule has 2 rings (SSSR count). The minimum absolute atomic E-state index is 0.401. The summed E-state index contributed by atoms with van der Waals surface area (Å²) in [5.74, 6) is 5.93. The number of hydrogen-bond donors (Lipinski definition) is 3. The van der Waals surface area contributed by atoms with Gasteiger partial charge in [0.2, 0.25) is 0 Å². The highest BCUT2D eigenvalue weighted by Crippen LogP contribution is 2.16. The van der Waals surface area contributed by atoms with E-state index in [1.54, 1.807) is 0 Å². The molecular weight excluding hydrogens is 218 g/mol. The van der Waals surface area contributed by atoms with E-state index in [9.17, 15) is 4.79 Å². The van der Waals surface area contributed by atoms with Gasteiger partial charge >= 0.3 is 6.03 Å². The number of rotatable bonds is 2. The fraction of sp³-hybridized carbons (Fsp3) is 0.273. The summed E-state index contributed by atoms with van der Waals surface area (Å²) in [6, 6.07) is 5.51. The zero-order valence-electron chi connectivity index (χ0n) is 9.82. The molecule has 1 aromatic carbocycles. The third-order valence-corrected chi connectivity index (χ3v) is 2.75. The summed E-state index contributed by atoms with van der Waals surface area (Å²) in [4.78, 5) is 15.4. The smallest absolute Gasteiger partial charge is 0.329 e. The number of nitrogens with zero attached hydrogens (tertiary/aromatic N) is 2. The Balaban J connectivity index is 2.23. The Morgan fingerprint density at radius 2 is 2.29 bits per heavy atom. The van der Waals surface area contributed by atoms with Crippen molar-refractivity contribution < 1.29 is 4.79 Å². The van der Waals surface area contributed by atoms with E-state index in [-0.39, 0.29) is 0 Å². The van der Waals surface area contributed by atoms with Crippen LogP contribution in [-0.2, 0) is 13.6 Å². The van der Waals surface area contributed by atoms with Gasteiger partial charge in [-0.15, -0.1) is 0 Å². The normalized spacial score (nSPS) is 10.5. The first-order valence-corrected chi connectivity index (χ1v) is 5.28. The maximum Gasteiger partial charge on any atom is 0.329 e. The number of aromatic nitrogens is 2. The van der Waals surface area contributed by atoms with E-state index >= 15 is 0 Å².